The van der Waals surface area contributed by atoms with Crippen molar-refractivity contribution in [3.8, 4) is 0 Å². The Morgan fingerprint density at radius 3 is 2.50 bits per heavy atom. The average Bonchev–Trinajstić information content (AvgIpc) is 2.17. The van der Waals surface area contributed by atoms with Crippen LogP contribution in [0.15, 0.2) is 18.2 Å². The fourth-order valence-electron chi connectivity index (χ4n) is 1.37. The van der Waals surface area contributed by atoms with Crippen molar-refractivity contribution in [2.75, 3.05) is 6.61 Å². The second-order valence-corrected chi connectivity index (χ2v) is 3.25. The second kappa shape index (κ2) is 5.55. The van der Waals surface area contributed by atoms with Gasteiger partial charge in [0.2, 0.25) is 0 Å². The van der Waals surface area contributed by atoms with E-state index in [0.717, 1.165) is 12.1 Å². The minimum Gasteiger partial charge on any atom is -0.466 e. The van der Waals surface area contributed by atoms with Crippen molar-refractivity contribution in [2.45, 2.75) is 19.4 Å². The van der Waals surface area contributed by atoms with Gasteiger partial charge in [-0.05, 0) is 19.1 Å². The standard InChI is InChI=1S/C11H13F2NO2/c1-2-16-10(15)6-9(14)11-7(12)4-3-5-8(11)13/h3-5,9H,2,6,14H2,1H3. The number of rotatable bonds is 4. The van der Waals surface area contributed by atoms with Gasteiger partial charge in [0.25, 0.3) is 0 Å². The molecule has 0 saturated carbocycles. The summed E-state index contributed by atoms with van der Waals surface area (Å²) in [6.07, 6.45) is -0.244. The summed E-state index contributed by atoms with van der Waals surface area (Å²) in [5, 5.41) is 0. The highest BCUT2D eigenvalue weighted by atomic mass is 19.1. The molecule has 88 valence electrons. The number of nitrogens with two attached hydrogens (primary N) is 1. The molecule has 0 bridgehead atoms. The van der Waals surface area contributed by atoms with Crippen LogP contribution in [0.4, 0.5) is 8.78 Å². The van der Waals surface area contributed by atoms with Crippen LogP contribution in [0, 0.1) is 11.6 Å². The van der Waals surface area contributed by atoms with Crippen LogP contribution in [-0.2, 0) is 9.53 Å². The van der Waals surface area contributed by atoms with Gasteiger partial charge in [-0.3, -0.25) is 4.79 Å². The molecule has 0 aliphatic carbocycles. The van der Waals surface area contributed by atoms with Gasteiger partial charge in [-0.25, -0.2) is 8.78 Å². The molecule has 0 aromatic heterocycles. The van der Waals surface area contributed by atoms with E-state index in [2.05, 4.69) is 4.74 Å². The first-order valence-corrected chi connectivity index (χ1v) is 4.91. The summed E-state index contributed by atoms with van der Waals surface area (Å²) in [5.41, 5.74) is 5.27. The fourth-order valence-corrected chi connectivity index (χ4v) is 1.37. The lowest BCUT2D eigenvalue weighted by molar-refractivity contribution is -0.143. The van der Waals surface area contributed by atoms with E-state index in [0.29, 0.717) is 0 Å². The zero-order valence-electron chi connectivity index (χ0n) is 8.87. The van der Waals surface area contributed by atoms with E-state index < -0.39 is 23.6 Å². The van der Waals surface area contributed by atoms with Crippen LogP contribution in [-0.4, -0.2) is 12.6 Å². The molecule has 0 fully saturated rings. The summed E-state index contributed by atoms with van der Waals surface area (Å²) >= 11 is 0. The van der Waals surface area contributed by atoms with Gasteiger partial charge < -0.3 is 10.5 Å². The minimum atomic E-state index is -1.03. The Morgan fingerprint density at radius 1 is 1.44 bits per heavy atom. The molecule has 1 unspecified atom stereocenters. The topological polar surface area (TPSA) is 52.3 Å². The molecule has 0 aliphatic heterocycles. The summed E-state index contributed by atoms with van der Waals surface area (Å²) in [7, 11) is 0. The maximum atomic E-state index is 13.3. The molecule has 1 aromatic rings. The minimum absolute atomic E-state index is 0.214. The van der Waals surface area contributed by atoms with E-state index in [1.54, 1.807) is 6.92 Å². The third-order valence-corrected chi connectivity index (χ3v) is 2.06. The molecule has 0 aliphatic rings. The maximum Gasteiger partial charge on any atom is 0.307 e. The van der Waals surface area contributed by atoms with Crippen LogP contribution in [0.25, 0.3) is 0 Å². The predicted octanol–water partition coefficient (Wildman–Crippen LogP) is 1.92. The van der Waals surface area contributed by atoms with Gasteiger partial charge in [-0.2, -0.15) is 0 Å². The van der Waals surface area contributed by atoms with Crippen LogP contribution < -0.4 is 5.73 Å². The van der Waals surface area contributed by atoms with Crippen LogP contribution in [0.3, 0.4) is 0 Å². The Bertz CT molecular complexity index is 362. The summed E-state index contributed by atoms with van der Waals surface area (Å²) in [5.74, 6) is -2.08. The number of esters is 1. The smallest absolute Gasteiger partial charge is 0.307 e. The second-order valence-electron chi connectivity index (χ2n) is 3.25. The Balaban J connectivity index is 2.80. The van der Waals surface area contributed by atoms with Gasteiger partial charge >= 0.3 is 5.97 Å². The lowest BCUT2D eigenvalue weighted by Gasteiger charge is -2.12. The molecule has 1 aromatic carbocycles. The summed E-state index contributed by atoms with van der Waals surface area (Å²) < 4.78 is 31.2. The first-order chi connectivity index (χ1) is 7.56. The highest BCUT2D eigenvalue weighted by molar-refractivity contribution is 5.70. The monoisotopic (exact) mass is 229 g/mol. The number of carbonyl (C=O) groups excluding carboxylic acids is 1. The molecule has 0 saturated heterocycles. The molecule has 0 spiro atoms. The molecule has 2 N–H and O–H groups in total. The number of benzene rings is 1. The molecule has 1 rings (SSSR count). The van der Waals surface area contributed by atoms with Crippen molar-refractivity contribution < 1.29 is 18.3 Å². The number of ether oxygens (including phenoxy) is 1. The predicted molar refractivity (Wildman–Crippen MR) is 54.5 cm³/mol. The van der Waals surface area contributed by atoms with E-state index in [4.69, 9.17) is 5.73 Å². The lowest BCUT2D eigenvalue weighted by Crippen LogP contribution is -2.19. The van der Waals surface area contributed by atoms with Gasteiger partial charge in [0.15, 0.2) is 0 Å². The molecule has 1 atom stereocenters. The Labute approximate surface area is 92.2 Å². The molecule has 0 amide bonds. The quantitative estimate of drug-likeness (QED) is 0.802. The third-order valence-electron chi connectivity index (χ3n) is 2.06. The maximum absolute atomic E-state index is 13.3. The number of carbonyl (C=O) groups is 1. The Hall–Kier alpha value is -1.49. The first kappa shape index (κ1) is 12.6. The molecule has 0 heterocycles. The molecule has 16 heavy (non-hydrogen) atoms. The van der Waals surface area contributed by atoms with Crippen molar-refractivity contribution in [3.05, 3.63) is 35.4 Å². The van der Waals surface area contributed by atoms with Gasteiger partial charge in [-0.15, -0.1) is 0 Å². The van der Waals surface area contributed by atoms with Crippen LogP contribution in [0.2, 0.25) is 0 Å². The Kier molecular flexibility index (Phi) is 4.37. The summed E-state index contributed by atoms with van der Waals surface area (Å²) in [6, 6.07) is 2.42. The number of hydrogen-bond donors (Lipinski definition) is 1. The van der Waals surface area contributed by atoms with Gasteiger partial charge in [0, 0.05) is 11.6 Å². The molecular formula is C11H13F2NO2. The van der Waals surface area contributed by atoms with E-state index >= 15 is 0 Å². The fraction of sp³-hybridized carbons (Fsp3) is 0.364. The third kappa shape index (κ3) is 3.00. The van der Waals surface area contributed by atoms with Crippen molar-refractivity contribution in [2.24, 2.45) is 5.73 Å². The van der Waals surface area contributed by atoms with Crippen LogP contribution >= 0.6 is 0 Å². The largest absolute Gasteiger partial charge is 0.466 e. The molecule has 0 radical (unpaired) electrons. The van der Waals surface area contributed by atoms with Crippen LogP contribution in [0.5, 0.6) is 0 Å². The van der Waals surface area contributed by atoms with Gasteiger partial charge in [0.05, 0.1) is 13.0 Å². The van der Waals surface area contributed by atoms with E-state index in [1.807, 2.05) is 0 Å². The highest BCUT2D eigenvalue weighted by Crippen LogP contribution is 2.21. The van der Waals surface area contributed by atoms with E-state index in [1.165, 1.54) is 6.07 Å². The zero-order valence-corrected chi connectivity index (χ0v) is 8.87. The lowest BCUT2D eigenvalue weighted by atomic mass is 10.0. The number of halogens is 2. The van der Waals surface area contributed by atoms with Crippen molar-refractivity contribution in [1.29, 1.82) is 0 Å². The molecule has 3 nitrogen and oxygen atoms in total. The SMILES string of the molecule is CCOC(=O)CC(N)c1c(F)cccc1F. The summed E-state index contributed by atoms with van der Waals surface area (Å²) in [6.45, 7) is 1.86. The van der Waals surface area contributed by atoms with E-state index in [9.17, 15) is 13.6 Å². The van der Waals surface area contributed by atoms with Gasteiger partial charge in [0.1, 0.15) is 11.6 Å². The van der Waals surface area contributed by atoms with Gasteiger partial charge in [-0.1, -0.05) is 6.07 Å². The molecular weight excluding hydrogens is 216 g/mol. The zero-order chi connectivity index (χ0) is 12.1. The summed E-state index contributed by atoms with van der Waals surface area (Å²) in [4.78, 5) is 11.1. The number of hydrogen-bond acceptors (Lipinski definition) is 3. The van der Waals surface area contributed by atoms with Crippen molar-refractivity contribution in [3.63, 3.8) is 0 Å². The van der Waals surface area contributed by atoms with Crippen LogP contribution in [0.1, 0.15) is 24.9 Å². The molecule has 5 heteroatoms. The highest BCUT2D eigenvalue weighted by Gasteiger charge is 2.19. The normalized spacial score (nSPS) is 12.2. The first-order valence-electron chi connectivity index (χ1n) is 4.91. The average molecular weight is 229 g/mol. The Morgan fingerprint density at radius 2 is 2.00 bits per heavy atom. The van der Waals surface area contributed by atoms with Crippen molar-refractivity contribution >= 4 is 5.97 Å². The van der Waals surface area contributed by atoms with Crippen molar-refractivity contribution in [1.82, 2.24) is 0 Å². The van der Waals surface area contributed by atoms with E-state index in [-0.39, 0.29) is 18.6 Å².